The van der Waals surface area contributed by atoms with Crippen LogP contribution in [0.1, 0.15) is 74.7 Å². The second-order valence-corrected chi connectivity index (χ2v) is 9.74. The molecule has 0 amide bonds. The zero-order chi connectivity index (χ0) is 24.6. The highest BCUT2D eigenvalue weighted by Gasteiger charge is 2.44. The van der Waals surface area contributed by atoms with Gasteiger partial charge in [-0.1, -0.05) is 41.5 Å². The molecule has 0 bridgehead atoms. The Morgan fingerprint density at radius 2 is 1.42 bits per heavy atom. The summed E-state index contributed by atoms with van der Waals surface area (Å²) in [6.45, 7) is 15.5. The molecule has 1 aliphatic heterocycles. The first-order chi connectivity index (χ1) is 14.6. The highest BCUT2D eigenvalue weighted by molar-refractivity contribution is 7.53. The van der Waals surface area contributed by atoms with Gasteiger partial charge in [-0.05, 0) is 33.1 Å². The van der Waals surface area contributed by atoms with Gasteiger partial charge < -0.3 is 38.9 Å². The minimum atomic E-state index is -3.53. The van der Waals surface area contributed by atoms with E-state index in [1.54, 1.807) is 13.8 Å². The molecule has 9 nitrogen and oxygen atoms in total. The molecule has 190 valence electrons. The maximum Gasteiger partial charge on any atom is 0.330 e. The standard InChI is InChI=1S/C17H35O9P.2C2H6/c1-11(2)24-10-13-14(18)15(19)16(20)17(26-13)23-8-6-5-7-9-25-27(21,22)12(3)4;2*1-2/h11-20H,5-10H2,1-4H3,(H,21,22);2*1-2H3. The minimum Gasteiger partial charge on any atom is -0.387 e. The Bertz CT molecular complexity index is 462. The topological polar surface area (TPSA) is 135 Å². The summed E-state index contributed by atoms with van der Waals surface area (Å²) in [5.74, 6) is 0. The zero-order valence-electron chi connectivity index (χ0n) is 20.6. The molecule has 1 rings (SSSR count). The number of hydrogen-bond donors (Lipinski definition) is 4. The van der Waals surface area contributed by atoms with E-state index >= 15 is 0 Å². The molecule has 0 aliphatic carbocycles. The van der Waals surface area contributed by atoms with E-state index in [0.29, 0.717) is 19.3 Å². The van der Waals surface area contributed by atoms with Crippen molar-refractivity contribution in [1.29, 1.82) is 0 Å². The first-order valence-corrected chi connectivity index (χ1v) is 13.1. The van der Waals surface area contributed by atoms with Gasteiger partial charge in [0.05, 0.1) is 25.0 Å². The van der Waals surface area contributed by atoms with Crippen LogP contribution in [-0.2, 0) is 23.3 Å². The monoisotopic (exact) mass is 474 g/mol. The number of hydrogen-bond acceptors (Lipinski definition) is 8. The summed E-state index contributed by atoms with van der Waals surface area (Å²) in [7, 11) is -3.53. The van der Waals surface area contributed by atoms with E-state index < -0.39 is 44.0 Å². The van der Waals surface area contributed by atoms with Crippen LogP contribution in [0.2, 0.25) is 0 Å². The van der Waals surface area contributed by atoms with Crippen LogP contribution in [0.4, 0.5) is 0 Å². The van der Waals surface area contributed by atoms with E-state index in [2.05, 4.69) is 0 Å². The summed E-state index contributed by atoms with van der Waals surface area (Å²) in [4.78, 5) is 9.55. The predicted molar refractivity (Wildman–Crippen MR) is 121 cm³/mol. The molecule has 1 fully saturated rings. The van der Waals surface area contributed by atoms with Crippen LogP contribution in [0.15, 0.2) is 0 Å². The third-order valence-corrected chi connectivity index (χ3v) is 6.12. The van der Waals surface area contributed by atoms with E-state index in [4.69, 9.17) is 18.7 Å². The maximum absolute atomic E-state index is 11.6. The molecule has 31 heavy (non-hydrogen) atoms. The Labute approximate surface area is 188 Å². The zero-order valence-corrected chi connectivity index (χ0v) is 21.5. The molecule has 6 atom stereocenters. The van der Waals surface area contributed by atoms with Gasteiger partial charge in [0.2, 0.25) is 0 Å². The SMILES string of the molecule is CC.CC.CC(C)OCC1OC(OCCCCCOP(=O)(O)C(C)C)C(O)C(O)C1O. The Hall–Kier alpha value is -0.0900. The molecule has 4 N–H and O–H groups in total. The van der Waals surface area contributed by atoms with Crippen molar-refractivity contribution in [3.8, 4) is 0 Å². The number of aliphatic hydroxyl groups is 3. The van der Waals surface area contributed by atoms with Crippen molar-refractivity contribution < 1.29 is 43.5 Å². The number of aliphatic hydroxyl groups excluding tert-OH is 3. The number of rotatable bonds is 12. The Morgan fingerprint density at radius 3 is 1.94 bits per heavy atom. The molecule has 1 saturated heterocycles. The molecule has 0 radical (unpaired) electrons. The molecule has 1 heterocycles. The first kappa shape index (κ1) is 33.1. The van der Waals surface area contributed by atoms with Gasteiger partial charge in [-0.3, -0.25) is 4.57 Å². The molecule has 0 aromatic rings. The lowest BCUT2D eigenvalue weighted by atomic mass is 9.99. The number of unbranched alkanes of at least 4 members (excludes halogenated alkanes) is 2. The van der Waals surface area contributed by atoms with Crippen molar-refractivity contribution in [2.75, 3.05) is 19.8 Å². The first-order valence-electron chi connectivity index (χ1n) is 11.5. The van der Waals surface area contributed by atoms with Crippen LogP contribution in [0.5, 0.6) is 0 Å². The fourth-order valence-corrected chi connectivity index (χ4v) is 3.09. The second kappa shape index (κ2) is 18.3. The van der Waals surface area contributed by atoms with Crippen molar-refractivity contribution in [3.63, 3.8) is 0 Å². The van der Waals surface area contributed by atoms with Crippen molar-refractivity contribution in [1.82, 2.24) is 0 Å². The summed E-state index contributed by atoms with van der Waals surface area (Å²) in [6, 6.07) is 0. The Kier molecular flexibility index (Phi) is 19.6. The Balaban J connectivity index is 0. The van der Waals surface area contributed by atoms with Gasteiger partial charge in [-0.25, -0.2) is 0 Å². The van der Waals surface area contributed by atoms with E-state index in [9.17, 15) is 24.8 Å². The summed E-state index contributed by atoms with van der Waals surface area (Å²) in [5.41, 5.74) is -0.430. The van der Waals surface area contributed by atoms with Gasteiger partial charge in [0, 0.05) is 6.61 Å². The molecule has 0 aromatic carbocycles. The summed E-state index contributed by atoms with van der Waals surface area (Å²) < 4.78 is 33.1. The third kappa shape index (κ3) is 13.3. The van der Waals surface area contributed by atoms with E-state index in [1.165, 1.54) is 0 Å². The fourth-order valence-electron chi connectivity index (χ4n) is 2.40. The van der Waals surface area contributed by atoms with Crippen molar-refractivity contribution in [2.45, 2.75) is 117 Å². The quantitative estimate of drug-likeness (QED) is 0.249. The molecule has 0 spiro atoms. The van der Waals surface area contributed by atoms with Crippen molar-refractivity contribution in [2.24, 2.45) is 0 Å². The molecule has 10 heteroatoms. The average Bonchev–Trinajstić information content (AvgIpc) is 2.74. The lowest BCUT2D eigenvalue weighted by Crippen LogP contribution is -2.59. The average molecular weight is 475 g/mol. The lowest BCUT2D eigenvalue weighted by molar-refractivity contribution is -0.304. The van der Waals surface area contributed by atoms with Gasteiger partial charge in [0.1, 0.15) is 24.4 Å². The van der Waals surface area contributed by atoms with Gasteiger partial charge in [-0.15, -0.1) is 0 Å². The largest absolute Gasteiger partial charge is 0.387 e. The second-order valence-electron chi connectivity index (χ2n) is 7.32. The fraction of sp³-hybridized carbons (Fsp3) is 1.00. The molecule has 1 aliphatic rings. The summed E-state index contributed by atoms with van der Waals surface area (Å²) in [5, 5.41) is 30.0. The highest BCUT2D eigenvalue weighted by atomic mass is 31.2. The molecule has 6 unspecified atom stereocenters. The van der Waals surface area contributed by atoms with Crippen LogP contribution in [-0.4, -0.2) is 82.5 Å². The summed E-state index contributed by atoms with van der Waals surface area (Å²) >= 11 is 0. The molecule has 0 aromatic heterocycles. The number of ether oxygens (including phenoxy) is 3. The van der Waals surface area contributed by atoms with Crippen molar-refractivity contribution >= 4 is 7.60 Å². The normalized spacial score (nSPS) is 27.7. The smallest absolute Gasteiger partial charge is 0.330 e. The third-order valence-electron chi connectivity index (χ3n) is 4.26. The van der Waals surface area contributed by atoms with Gasteiger partial charge >= 0.3 is 7.60 Å². The van der Waals surface area contributed by atoms with E-state index in [1.807, 2.05) is 41.5 Å². The van der Waals surface area contributed by atoms with Crippen LogP contribution in [0.3, 0.4) is 0 Å². The molecule has 0 saturated carbocycles. The van der Waals surface area contributed by atoms with Crippen LogP contribution in [0, 0.1) is 0 Å². The van der Waals surface area contributed by atoms with Gasteiger partial charge in [0.25, 0.3) is 0 Å². The predicted octanol–water partition coefficient (Wildman–Crippen LogP) is 3.07. The maximum atomic E-state index is 11.6. The Morgan fingerprint density at radius 1 is 0.871 bits per heavy atom. The van der Waals surface area contributed by atoms with Crippen molar-refractivity contribution in [3.05, 3.63) is 0 Å². The lowest BCUT2D eigenvalue weighted by Gasteiger charge is -2.40. The highest BCUT2D eigenvalue weighted by Crippen LogP contribution is 2.47. The van der Waals surface area contributed by atoms with Crippen LogP contribution < -0.4 is 0 Å². The molecular formula is C21H47O9P. The van der Waals surface area contributed by atoms with Crippen LogP contribution >= 0.6 is 7.60 Å². The van der Waals surface area contributed by atoms with Gasteiger partial charge in [0.15, 0.2) is 6.29 Å². The van der Waals surface area contributed by atoms with Crippen LogP contribution in [0.25, 0.3) is 0 Å². The molecular weight excluding hydrogens is 427 g/mol. The van der Waals surface area contributed by atoms with E-state index in [0.717, 1.165) is 0 Å². The van der Waals surface area contributed by atoms with Gasteiger partial charge in [-0.2, -0.15) is 0 Å². The summed E-state index contributed by atoms with van der Waals surface area (Å²) in [6.07, 6.45) is -3.98. The minimum absolute atomic E-state index is 0.0590. The van der Waals surface area contributed by atoms with E-state index in [-0.39, 0.29) is 25.9 Å².